The Labute approximate surface area is 173 Å². The van der Waals surface area contributed by atoms with Gasteiger partial charge in [-0.05, 0) is 19.1 Å². The lowest BCUT2D eigenvalue weighted by molar-refractivity contribution is -0.0886. The van der Waals surface area contributed by atoms with Gasteiger partial charge < -0.3 is 10.1 Å². The van der Waals surface area contributed by atoms with E-state index in [1.807, 2.05) is 0 Å². The lowest BCUT2D eigenvalue weighted by Gasteiger charge is -2.33. The molecule has 30 heavy (non-hydrogen) atoms. The number of nitrogens with one attached hydrogen (secondary N) is 1. The Morgan fingerprint density at radius 2 is 1.97 bits per heavy atom. The van der Waals surface area contributed by atoms with Gasteiger partial charge in [-0.3, -0.25) is 4.79 Å². The van der Waals surface area contributed by atoms with Crippen molar-refractivity contribution in [3.63, 3.8) is 0 Å². The summed E-state index contributed by atoms with van der Waals surface area (Å²) in [5, 5.41) is 3.61. The molecule has 1 amide bonds. The van der Waals surface area contributed by atoms with Crippen molar-refractivity contribution in [2.75, 3.05) is 6.26 Å². The number of hydrogen-bond acceptors (Lipinski definition) is 6. The molecule has 0 saturated heterocycles. The van der Waals surface area contributed by atoms with Gasteiger partial charge >= 0.3 is 0 Å². The molecular weight excluding hydrogens is 416 g/mol. The van der Waals surface area contributed by atoms with Crippen molar-refractivity contribution >= 4 is 15.7 Å². The summed E-state index contributed by atoms with van der Waals surface area (Å²) in [6.07, 6.45) is 2.91. The normalized spacial score (nSPS) is 17.3. The first-order valence-corrected chi connectivity index (χ1v) is 11.1. The van der Waals surface area contributed by atoms with Crippen LogP contribution in [0.5, 0.6) is 11.6 Å². The van der Waals surface area contributed by atoms with Crippen molar-refractivity contribution in [1.29, 1.82) is 0 Å². The summed E-state index contributed by atoms with van der Waals surface area (Å²) in [6, 6.07) is 8.00. The average Bonchev–Trinajstić information content (AvgIpc) is 2.64. The van der Waals surface area contributed by atoms with Crippen molar-refractivity contribution in [1.82, 2.24) is 15.3 Å². The fourth-order valence-corrected chi connectivity index (χ4v) is 3.37. The standard InChI is InChI=1S/C20H21F2N3O4S/c1-13(8-9-30(2,27)28)24-18(26)16-12-23-17(14-10-20(21,22)11-14)25-19(16)29-15-6-4-3-5-7-15/h3-9,12-14H,10-11H2,1-2H3,(H,24,26)/b9-8+. The van der Waals surface area contributed by atoms with Crippen molar-refractivity contribution in [2.45, 2.75) is 37.6 Å². The number of ether oxygens (including phenoxy) is 1. The van der Waals surface area contributed by atoms with E-state index in [1.54, 1.807) is 37.3 Å². The summed E-state index contributed by atoms with van der Waals surface area (Å²) in [7, 11) is -3.33. The number of aromatic nitrogens is 2. The van der Waals surface area contributed by atoms with E-state index in [2.05, 4.69) is 15.3 Å². The second-order valence-corrected chi connectivity index (χ2v) is 9.17. The molecule has 1 unspecified atom stereocenters. The van der Waals surface area contributed by atoms with Crippen LogP contribution in [0.15, 0.2) is 48.0 Å². The van der Waals surface area contributed by atoms with Crippen molar-refractivity contribution in [2.24, 2.45) is 0 Å². The molecule has 1 saturated carbocycles. The molecule has 160 valence electrons. The van der Waals surface area contributed by atoms with Gasteiger partial charge in [-0.25, -0.2) is 22.2 Å². The lowest BCUT2D eigenvalue weighted by Crippen LogP contribution is -2.35. The topological polar surface area (TPSA) is 98.2 Å². The molecule has 1 fully saturated rings. The highest BCUT2D eigenvalue weighted by molar-refractivity contribution is 7.93. The number of benzene rings is 1. The number of para-hydroxylation sites is 1. The average molecular weight is 437 g/mol. The first kappa shape index (κ1) is 21.8. The minimum absolute atomic E-state index is 0.00768. The molecule has 1 aliphatic carbocycles. The Morgan fingerprint density at radius 3 is 2.57 bits per heavy atom. The smallest absolute Gasteiger partial charge is 0.258 e. The Hall–Kier alpha value is -2.88. The summed E-state index contributed by atoms with van der Waals surface area (Å²) in [5.74, 6) is -3.28. The Bertz CT molecular complexity index is 1050. The maximum atomic E-state index is 13.2. The number of hydrogen-bond donors (Lipinski definition) is 1. The van der Waals surface area contributed by atoms with Crippen LogP contribution in [-0.4, -0.2) is 42.5 Å². The zero-order valence-electron chi connectivity index (χ0n) is 16.4. The van der Waals surface area contributed by atoms with Gasteiger partial charge in [0.2, 0.25) is 11.8 Å². The zero-order chi connectivity index (χ0) is 21.9. The maximum Gasteiger partial charge on any atom is 0.258 e. The van der Waals surface area contributed by atoms with E-state index in [0.29, 0.717) is 5.75 Å². The second-order valence-electron chi connectivity index (χ2n) is 7.24. The molecule has 7 nitrogen and oxygen atoms in total. The third-order valence-electron chi connectivity index (χ3n) is 4.40. The number of carbonyl (C=O) groups is 1. The van der Waals surface area contributed by atoms with Crippen LogP contribution < -0.4 is 10.1 Å². The molecule has 0 aliphatic heterocycles. The largest absolute Gasteiger partial charge is 0.438 e. The van der Waals surface area contributed by atoms with Crippen LogP contribution in [0.25, 0.3) is 0 Å². The van der Waals surface area contributed by atoms with Gasteiger partial charge in [-0.2, -0.15) is 4.98 Å². The number of carbonyl (C=O) groups excluding carboxylic acids is 1. The SMILES string of the molecule is CC(/C=C/S(C)(=O)=O)NC(=O)c1cnc(C2CC(F)(F)C2)nc1Oc1ccccc1. The van der Waals surface area contributed by atoms with Gasteiger partial charge in [-0.15, -0.1) is 0 Å². The second kappa shape index (κ2) is 8.47. The number of halogens is 2. The fraction of sp³-hybridized carbons (Fsp3) is 0.350. The van der Waals surface area contributed by atoms with Crippen molar-refractivity contribution < 1.29 is 26.7 Å². The van der Waals surface area contributed by atoms with E-state index in [9.17, 15) is 22.0 Å². The van der Waals surface area contributed by atoms with E-state index < -0.39 is 33.6 Å². The van der Waals surface area contributed by atoms with E-state index >= 15 is 0 Å². The first-order valence-electron chi connectivity index (χ1n) is 9.19. The molecule has 1 aromatic heterocycles. The molecule has 1 aromatic carbocycles. The number of rotatable bonds is 7. The Morgan fingerprint density at radius 1 is 1.30 bits per heavy atom. The summed E-state index contributed by atoms with van der Waals surface area (Å²) >= 11 is 0. The highest BCUT2D eigenvalue weighted by atomic mass is 32.2. The number of alkyl halides is 2. The molecule has 2 aromatic rings. The van der Waals surface area contributed by atoms with Crippen LogP contribution in [-0.2, 0) is 9.84 Å². The van der Waals surface area contributed by atoms with E-state index in [4.69, 9.17) is 4.74 Å². The van der Waals surface area contributed by atoms with E-state index in [1.165, 1.54) is 12.3 Å². The molecular formula is C20H21F2N3O4S. The summed E-state index contributed by atoms with van der Waals surface area (Å²) < 4.78 is 54.7. The van der Waals surface area contributed by atoms with Crippen LogP contribution in [0.4, 0.5) is 8.78 Å². The lowest BCUT2D eigenvalue weighted by atomic mass is 9.81. The third kappa shape index (κ3) is 5.82. The molecule has 1 aliphatic rings. The zero-order valence-corrected chi connectivity index (χ0v) is 17.2. The highest BCUT2D eigenvalue weighted by Gasteiger charge is 2.47. The van der Waals surface area contributed by atoms with Gasteiger partial charge in [0.05, 0.1) is 0 Å². The fourth-order valence-electron chi connectivity index (χ4n) is 2.85. The van der Waals surface area contributed by atoms with Gasteiger partial charge in [0.25, 0.3) is 5.91 Å². The molecule has 1 N–H and O–H groups in total. The molecule has 1 heterocycles. The third-order valence-corrected chi connectivity index (χ3v) is 5.05. The molecule has 10 heteroatoms. The number of nitrogens with zero attached hydrogens (tertiary/aromatic N) is 2. The predicted molar refractivity (Wildman–Crippen MR) is 106 cm³/mol. The minimum atomic E-state index is -3.33. The predicted octanol–water partition coefficient (Wildman–Crippen LogP) is 3.46. The molecule has 1 atom stereocenters. The van der Waals surface area contributed by atoms with Gasteiger partial charge in [0.1, 0.15) is 17.1 Å². The monoisotopic (exact) mass is 437 g/mol. The van der Waals surface area contributed by atoms with Crippen molar-refractivity contribution in [3.05, 3.63) is 59.4 Å². The highest BCUT2D eigenvalue weighted by Crippen LogP contribution is 2.47. The molecule has 3 rings (SSSR count). The van der Waals surface area contributed by atoms with Crippen LogP contribution in [0.3, 0.4) is 0 Å². The van der Waals surface area contributed by atoms with E-state index in [0.717, 1.165) is 11.7 Å². The molecule has 0 radical (unpaired) electrons. The Balaban J connectivity index is 1.84. The van der Waals surface area contributed by atoms with Crippen molar-refractivity contribution in [3.8, 4) is 11.6 Å². The quantitative estimate of drug-likeness (QED) is 0.712. The molecule has 0 spiro atoms. The summed E-state index contributed by atoms with van der Waals surface area (Å²) in [5.41, 5.74) is 0.00768. The molecule has 0 bridgehead atoms. The number of amides is 1. The first-order chi connectivity index (χ1) is 14.0. The minimum Gasteiger partial charge on any atom is -0.438 e. The van der Waals surface area contributed by atoms with Crippen LogP contribution >= 0.6 is 0 Å². The van der Waals surface area contributed by atoms with Gasteiger partial charge in [0.15, 0.2) is 9.84 Å². The van der Waals surface area contributed by atoms with Crippen LogP contribution in [0.2, 0.25) is 0 Å². The van der Waals surface area contributed by atoms with Crippen LogP contribution in [0.1, 0.15) is 41.9 Å². The summed E-state index contributed by atoms with van der Waals surface area (Å²) in [6.45, 7) is 1.60. The summed E-state index contributed by atoms with van der Waals surface area (Å²) in [4.78, 5) is 21.0. The van der Waals surface area contributed by atoms with Gasteiger partial charge in [0, 0.05) is 42.7 Å². The maximum absolute atomic E-state index is 13.2. The van der Waals surface area contributed by atoms with E-state index in [-0.39, 0.29) is 30.1 Å². The number of sulfone groups is 1. The van der Waals surface area contributed by atoms with Crippen LogP contribution in [0, 0.1) is 0 Å². The Kier molecular flexibility index (Phi) is 6.16. The van der Waals surface area contributed by atoms with Gasteiger partial charge in [-0.1, -0.05) is 24.3 Å².